The lowest BCUT2D eigenvalue weighted by atomic mass is 9.98. The molecule has 2 rings (SSSR count). The van der Waals surface area contributed by atoms with Crippen molar-refractivity contribution in [2.45, 2.75) is 44.9 Å². The van der Waals surface area contributed by atoms with E-state index in [4.69, 9.17) is 5.21 Å². The van der Waals surface area contributed by atoms with Gasteiger partial charge in [-0.05, 0) is 47.2 Å². The van der Waals surface area contributed by atoms with Gasteiger partial charge in [-0.1, -0.05) is 62.2 Å². The summed E-state index contributed by atoms with van der Waals surface area (Å²) in [7, 11) is 0. The Labute approximate surface area is 138 Å². The first-order valence-corrected chi connectivity index (χ1v) is 8.30. The first-order valence-electron chi connectivity index (χ1n) is 8.30. The molecule has 0 aliphatic rings. The summed E-state index contributed by atoms with van der Waals surface area (Å²) in [6, 6.07) is 14.9. The quantitative estimate of drug-likeness (QED) is 0.385. The van der Waals surface area contributed by atoms with E-state index >= 15 is 0 Å². The van der Waals surface area contributed by atoms with Crippen LogP contribution in [0.15, 0.2) is 49.0 Å². The second-order valence-corrected chi connectivity index (χ2v) is 5.97. The molecule has 0 atom stereocenters. The van der Waals surface area contributed by atoms with Crippen LogP contribution in [0.1, 0.15) is 50.5 Å². The molecular formula is C20H25NO2. The Kier molecular flexibility index (Phi) is 6.82. The molecule has 0 heterocycles. The number of hydroxylamine groups is 1. The SMILES string of the molecule is C=C(CCCCCCCC(=O)NO)c1ccc2ccccc2c1. The number of nitrogens with one attached hydrogen (secondary N) is 1. The molecule has 3 nitrogen and oxygen atoms in total. The molecule has 0 saturated heterocycles. The molecule has 0 aromatic heterocycles. The fourth-order valence-electron chi connectivity index (χ4n) is 2.76. The van der Waals surface area contributed by atoms with Crippen LogP contribution in [0.4, 0.5) is 0 Å². The zero-order chi connectivity index (χ0) is 16.5. The minimum atomic E-state index is -0.297. The maximum Gasteiger partial charge on any atom is 0.243 e. The van der Waals surface area contributed by atoms with Gasteiger partial charge in [0.1, 0.15) is 0 Å². The topological polar surface area (TPSA) is 49.3 Å². The second kappa shape index (κ2) is 9.11. The first-order chi connectivity index (χ1) is 11.2. The van der Waals surface area contributed by atoms with Gasteiger partial charge in [-0.15, -0.1) is 0 Å². The summed E-state index contributed by atoms with van der Waals surface area (Å²) in [5, 5.41) is 10.9. The molecule has 3 heteroatoms. The fraction of sp³-hybridized carbons (Fsp3) is 0.350. The summed E-state index contributed by atoms with van der Waals surface area (Å²) in [4.78, 5) is 10.9. The van der Waals surface area contributed by atoms with Crippen LogP contribution in [0.25, 0.3) is 16.3 Å². The van der Waals surface area contributed by atoms with Gasteiger partial charge in [-0.3, -0.25) is 10.0 Å². The highest BCUT2D eigenvalue weighted by Crippen LogP contribution is 2.24. The molecule has 0 saturated carbocycles. The van der Waals surface area contributed by atoms with Crippen molar-refractivity contribution >= 4 is 22.3 Å². The number of fused-ring (bicyclic) bond motifs is 1. The molecule has 2 aromatic carbocycles. The van der Waals surface area contributed by atoms with Crippen molar-refractivity contribution in [1.82, 2.24) is 5.48 Å². The van der Waals surface area contributed by atoms with Crippen LogP contribution in [0.3, 0.4) is 0 Å². The van der Waals surface area contributed by atoms with Crippen LogP contribution in [-0.2, 0) is 4.79 Å². The fourth-order valence-corrected chi connectivity index (χ4v) is 2.76. The van der Waals surface area contributed by atoms with Crippen molar-refractivity contribution in [3.8, 4) is 0 Å². The van der Waals surface area contributed by atoms with Gasteiger partial charge in [0.05, 0.1) is 0 Å². The highest BCUT2D eigenvalue weighted by Gasteiger charge is 2.02. The molecule has 122 valence electrons. The van der Waals surface area contributed by atoms with Crippen molar-refractivity contribution in [3.05, 3.63) is 54.6 Å². The van der Waals surface area contributed by atoms with Crippen molar-refractivity contribution < 1.29 is 10.0 Å². The van der Waals surface area contributed by atoms with Crippen molar-refractivity contribution in [2.24, 2.45) is 0 Å². The van der Waals surface area contributed by atoms with E-state index in [1.165, 1.54) is 21.9 Å². The van der Waals surface area contributed by atoms with Gasteiger partial charge in [0.2, 0.25) is 5.91 Å². The Morgan fingerprint density at radius 3 is 2.30 bits per heavy atom. The number of amides is 1. The molecule has 23 heavy (non-hydrogen) atoms. The van der Waals surface area contributed by atoms with E-state index in [0.29, 0.717) is 6.42 Å². The lowest BCUT2D eigenvalue weighted by Crippen LogP contribution is -2.17. The lowest BCUT2D eigenvalue weighted by Gasteiger charge is -2.08. The van der Waals surface area contributed by atoms with Crippen LogP contribution in [0.2, 0.25) is 0 Å². The van der Waals surface area contributed by atoms with E-state index in [2.05, 4.69) is 49.0 Å². The van der Waals surface area contributed by atoms with Gasteiger partial charge in [-0.25, -0.2) is 5.48 Å². The molecule has 0 spiro atoms. The second-order valence-electron chi connectivity index (χ2n) is 5.97. The van der Waals surface area contributed by atoms with Crippen LogP contribution in [0.5, 0.6) is 0 Å². The number of allylic oxidation sites excluding steroid dienone is 1. The number of carbonyl (C=O) groups is 1. The third kappa shape index (κ3) is 5.53. The normalized spacial score (nSPS) is 10.7. The summed E-state index contributed by atoms with van der Waals surface area (Å²) < 4.78 is 0. The van der Waals surface area contributed by atoms with Crippen molar-refractivity contribution in [2.75, 3.05) is 0 Å². The molecule has 0 aliphatic heterocycles. The van der Waals surface area contributed by atoms with Gasteiger partial charge < -0.3 is 0 Å². The summed E-state index contributed by atoms with van der Waals surface area (Å²) in [6.07, 6.45) is 6.65. The van der Waals surface area contributed by atoms with Crippen LogP contribution in [-0.4, -0.2) is 11.1 Å². The van der Waals surface area contributed by atoms with E-state index < -0.39 is 0 Å². The predicted molar refractivity (Wildman–Crippen MR) is 95.2 cm³/mol. The Bertz CT molecular complexity index is 663. The number of carbonyl (C=O) groups excluding carboxylic acids is 1. The summed E-state index contributed by atoms with van der Waals surface area (Å²) in [5.74, 6) is -0.297. The number of hydrogen-bond donors (Lipinski definition) is 2. The third-order valence-corrected chi connectivity index (χ3v) is 4.16. The Morgan fingerprint density at radius 2 is 1.57 bits per heavy atom. The van der Waals surface area contributed by atoms with Crippen LogP contribution in [0, 0.1) is 0 Å². The third-order valence-electron chi connectivity index (χ3n) is 4.16. The van der Waals surface area contributed by atoms with Gasteiger partial charge >= 0.3 is 0 Å². The average Bonchev–Trinajstić information content (AvgIpc) is 2.60. The molecule has 2 aromatic rings. The Hall–Kier alpha value is -2.13. The zero-order valence-corrected chi connectivity index (χ0v) is 13.6. The average molecular weight is 311 g/mol. The maximum absolute atomic E-state index is 10.9. The largest absolute Gasteiger partial charge is 0.289 e. The summed E-state index contributed by atoms with van der Waals surface area (Å²) in [5.41, 5.74) is 4.08. The minimum Gasteiger partial charge on any atom is -0.289 e. The van der Waals surface area contributed by atoms with Crippen LogP contribution < -0.4 is 5.48 Å². The van der Waals surface area contributed by atoms with E-state index in [1.54, 1.807) is 5.48 Å². The van der Waals surface area contributed by atoms with Gasteiger partial charge in [-0.2, -0.15) is 0 Å². The van der Waals surface area contributed by atoms with E-state index in [-0.39, 0.29) is 5.91 Å². The lowest BCUT2D eigenvalue weighted by molar-refractivity contribution is -0.129. The number of rotatable bonds is 9. The van der Waals surface area contributed by atoms with Crippen LogP contribution >= 0.6 is 0 Å². The number of hydrogen-bond acceptors (Lipinski definition) is 2. The van der Waals surface area contributed by atoms with Crippen molar-refractivity contribution in [3.63, 3.8) is 0 Å². The predicted octanol–water partition coefficient (Wildman–Crippen LogP) is 5.09. The van der Waals surface area contributed by atoms with Gasteiger partial charge in [0, 0.05) is 6.42 Å². The number of benzene rings is 2. The monoisotopic (exact) mass is 311 g/mol. The van der Waals surface area contributed by atoms with E-state index in [0.717, 1.165) is 38.5 Å². The smallest absolute Gasteiger partial charge is 0.243 e. The molecule has 1 amide bonds. The standard InChI is InChI=1S/C20H25NO2/c1-16(9-5-3-2-4-6-12-20(22)21-23)18-14-13-17-10-7-8-11-19(17)15-18/h7-8,10-11,13-15,23H,1-6,9,12H2,(H,21,22). The van der Waals surface area contributed by atoms with E-state index in [1.807, 2.05) is 0 Å². The van der Waals surface area contributed by atoms with Gasteiger partial charge in [0.25, 0.3) is 0 Å². The number of unbranched alkanes of at least 4 members (excludes halogenated alkanes) is 4. The first kappa shape index (κ1) is 17.2. The highest BCUT2D eigenvalue weighted by molar-refractivity contribution is 5.86. The molecule has 0 radical (unpaired) electrons. The molecule has 0 aliphatic carbocycles. The summed E-state index contributed by atoms with van der Waals surface area (Å²) >= 11 is 0. The maximum atomic E-state index is 10.9. The zero-order valence-electron chi connectivity index (χ0n) is 13.6. The molecular weight excluding hydrogens is 286 g/mol. The molecule has 0 bridgehead atoms. The van der Waals surface area contributed by atoms with Crippen molar-refractivity contribution in [1.29, 1.82) is 0 Å². The summed E-state index contributed by atoms with van der Waals surface area (Å²) in [6.45, 7) is 4.22. The van der Waals surface area contributed by atoms with Gasteiger partial charge in [0.15, 0.2) is 0 Å². The highest BCUT2D eigenvalue weighted by atomic mass is 16.5. The Morgan fingerprint density at radius 1 is 0.913 bits per heavy atom. The molecule has 0 fully saturated rings. The molecule has 0 unspecified atom stereocenters. The minimum absolute atomic E-state index is 0.297. The Balaban J connectivity index is 1.69. The molecule has 2 N–H and O–H groups in total. The van der Waals surface area contributed by atoms with E-state index in [9.17, 15) is 4.79 Å².